The Balaban J connectivity index is 2.30. The third-order valence-electron chi connectivity index (χ3n) is 2.97. The summed E-state index contributed by atoms with van der Waals surface area (Å²) >= 11 is 0. The molecular formula is C13H14N2O5S2. The molecule has 4 N–H and O–H groups in total. The normalized spacial score (nSPS) is 12.1. The SMILES string of the molecule is Cc1ccc(S(=O)(=O)Nc2ccc(S(=O)(=O)O)cc2)cc1N. The quantitative estimate of drug-likeness (QED) is 0.572. The smallest absolute Gasteiger partial charge is 0.294 e. The zero-order valence-corrected chi connectivity index (χ0v) is 13.1. The molecule has 9 heteroatoms. The predicted molar refractivity (Wildman–Crippen MR) is 82.7 cm³/mol. The van der Waals surface area contributed by atoms with E-state index in [-0.39, 0.29) is 15.5 Å². The highest BCUT2D eigenvalue weighted by Gasteiger charge is 2.16. The van der Waals surface area contributed by atoms with Gasteiger partial charge < -0.3 is 5.73 Å². The summed E-state index contributed by atoms with van der Waals surface area (Å²) in [6.45, 7) is 1.76. The average Bonchev–Trinajstić information content (AvgIpc) is 2.41. The minimum absolute atomic E-state index is 0.00513. The molecule has 118 valence electrons. The van der Waals surface area contributed by atoms with E-state index in [0.717, 1.165) is 17.7 Å². The molecule has 0 radical (unpaired) electrons. The van der Waals surface area contributed by atoms with Gasteiger partial charge in [0, 0.05) is 11.4 Å². The monoisotopic (exact) mass is 342 g/mol. The van der Waals surface area contributed by atoms with Crippen molar-refractivity contribution < 1.29 is 21.4 Å². The highest BCUT2D eigenvalue weighted by Crippen LogP contribution is 2.21. The van der Waals surface area contributed by atoms with Crippen molar-refractivity contribution >= 4 is 31.5 Å². The van der Waals surface area contributed by atoms with Crippen LogP contribution in [0.5, 0.6) is 0 Å². The standard InChI is InChI=1S/C13H14N2O5S2/c1-9-2-5-12(8-13(9)14)21(16,17)15-10-3-6-11(7-4-10)22(18,19)20/h2-8,15H,14H2,1H3,(H,18,19,20). The highest BCUT2D eigenvalue weighted by molar-refractivity contribution is 7.92. The number of anilines is 2. The number of rotatable bonds is 4. The van der Waals surface area contributed by atoms with Crippen molar-refractivity contribution in [1.29, 1.82) is 0 Å². The number of benzene rings is 2. The second-order valence-electron chi connectivity index (χ2n) is 4.62. The van der Waals surface area contributed by atoms with Crippen molar-refractivity contribution in [1.82, 2.24) is 0 Å². The van der Waals surface area contributed by atoms with Gasteiger partial charge in [-0.2, -0.15) is 8.42 Å². The molecule has 0 fully saturated rings. The van der Waals surface area contributed by atoms with E-state index in [9.17, 15) is 16.8 Å². The lowest BCUT2D eigenvalue weighted by atomic mass is 10.2. The Morgan fingerprint density at radius 1 is 0.955 bits per heavy atom. The molecule has 0 saturated heterocycles. The van der Waals surface area contributed by atoms with Crippen LogP contribution in [-0.4, -0.2) is 21.4 Å². The molecule has 0 bridgehead atoms. The number of nitrogens with one attached hydrogen (secondary N) is 1. The van der Waals surface area contributed by atoms with Gasteiger partial charge in [0.15, 0.2) is 0 Å². The van der Waals surface area contributed by atoms with Crippen LogP contribution in [-0.2, 0) is 20.1 Å². The topological polar surface area (TPSA) is 127 Å². The third-order valence-corrected chi connectivity index (χ3v) is 5.21. The number of hydrogen-bond acceptors (Lipinski definition) is 5. The van der Waals surface area contributed by atoms with Crippen LogP contribution in [0.3, 0.4) is 0 Å². The van der Waals surface area contributed by atoms with E-state index in [2.05, 4.69) is 4.72 Å². The number of nitrogen functional groups attached to an aromatic ring is 1. The van der Waals surface area contributed by atoms with Crippen molar-refractivity contribution in [3.63, 3.8) is 0 Å². The first-order valence-corrected chi connectivity index (χ1v) is 8.98. The van der Waals surface area contributed by atoms with Crippen molar-refractivity contribution in [2.75, 3.05) is 10.5 Å². The van der Waals surface area contributed by atoms with Crippen LogP contribution in [0.4, 0.5) is 11.4 Å². The van der Waals surface area contributed by atoms with E-state index in [1.807, 2.05) is 0 Å². The highest BCUT2D eigenvalue weighted by atomic mass is 32.2. The van der Waals surface area contributed by atoms with Crippen LogP contribution in [0, 0.1) is 6.92 Å². The molecule has 0 aliphatic rings. The summed E-state index contributed by atoms with van der Waals surface area (Å²) < 4.78 is 57.4. The zero-order chi connectivity index (χ0) is 16.5. The maximum Gasteiger partial charge on any atom is 0.294 e. The summed E-state index contributed by atoms with van der Waals surface area (Å²) in [4.78, 5) is -0.329. The van der Waals surface area contributed by atoms with Gasteiger partial charge in [-0.3, -0.25) is 9.27 Å². The Kier molecular flexibility index (Phi) is 4.14. The zero-order valence-electron chi connectivity index (χ0n) is 11.5. The lowest BCUT2D eigenvalue weighted by Crippen LogP contribution is -2.13. The molecule has 0 atom stereocenters. The van der Waals surface area contributed by atoms with E-state index in [1.54, 1.807) is 13.0 Å². The first-order valence-electron chi connectivity index (χ1n) is 6.06. The summed E-state index contributed by atoms with van der Waals surface area (Å²) in [5, 5.41) is 0. The number of nitrogens with two attached hydrogens (primary N) is 1. The van der Waals surface area contributed by atoms with Crippen LogP contribution in [0.2, 0.25) is 0 Å². The van der Waals surface area contributed by atoms with Gasteiger partial charge in [-0.15, -0.1) is 0 Å². The van der Waals surface area contributed by atoms with Crippen molar-refractivity contribution in [3.05, 3.63) is 48.0 Å². The van der Waals surface area contributed by atoms with E-state index in [1.165, 1.54) is 24.3 Å². The molecule has 0 aliphatic heterocycles. The Hall–Kier alpha value is -2.10. The molecule has 0 saturated carbocycles. The van der Waals surface area contributed by atoms with Gasteiger partial charge in [-0.1, -0.05) is 6.07 Å². The molecule has 0 aromatic heterocycles. The predicted octanol–water partition coefficient (Wildman–Crippen LogP) is 1.62. The lowest BCUT2D eigenvalue weighted by Gasteiger charge is -2.10. The van der Waals surface area contributed by atoms with Gasteiger partial charge in [-0.05, 0) is 48.9 Å². The van der Waals surface area contributed by atoms with Crippen LogP contribution >= 0.6 is 0 Å². The van der Waals surface area contributed by atoms with Crippen molar-refractivity contribution in [3.8, 4) is 0 Å². The molecular weight excluding hydrogens is 328 g/mol. The molecule has 2 rings (SSSR count). The summed E-state index contributed by atoms with van der Waals surface area (Å²) in [5.41, 5.74) is 6.96. The average molecular weight is 342 g/mol. The van der Waals surface area contributed by atoms with Crippen molar-refractivity contribution in [2.24, 2.45) is 0 Å². The summed E-state index contributed by atoms with van der Waals surface area (Å²) in [7, 11) is -8.16. The van der Waals surface area contributed by atoms with E-state index in [4.69, 9.17) is 10.3 Å². The minimum atomic E-state index is -4.32. The van der Waals surface area contributed by atoms with Gasteiger partial charge in [-0.25, -0.2) is 8.42 Å². The van der Waals surface area contributed by atoms with Gasteiger partial charge in [0.05, 0.1) is 9.79 Å². The Labute approximate surface area is 128 Å². The van der Waals surface area contributed by atoms with Gasteiger partial charge in [0.2, 0.25) is 0 Å². The molecule has 2 aromatic rings. The fourth-order valence-corrected chi connectivity index (χ4v) is 3.27. The maximum absolute atomic E-state index is 12.2. The Morgan fingerprint density at radius 3 is 2.00 bits per heavy atom. The number of sulfonamides is 1. The second-order valence-corrected chi connectivity index (χ2v) is 7.73. The number of aryl methyl sites for hydroxylation is 1. The van der Waals surface area contributed by atoms with E-state index in [0.29, 0.717) is 5.69 Å². The van der Waals surface area contributed by atoms with Crippen molar-refractivity contribution in [2.45, 2.75) is 16.7 Å². The van der Waals surface area contributed by atoms with E-state index >= 15 is 0 Å². The van der Waals surface area contributed by atoms with Crippen LogP contribution in [0.25, 0.3) is 0 Å². The summed E-state index contributed by atoms with van der Waals surface area (Å²) in [6.07, 6.45) is 0. The minimum Gasteiger partial charge on any atom is -0.398 e. The van der Waals surface area contributed by atoms with Gasteiger partial charge >= 0.3 is 0 Å². The fourth-order valence-electron chi connectivity index (χ4n) is 1.69. The summed E-state index contributed by atoms with van der Waals surface area (Å²) in [6, 6.07) is 9.00. The second kappa shape index (κ2) is 5.59. The largest absolute Gasteiger partial charge is 0.398 e. The molecule has 0 amide bonds. The molecule has 0 heterocycles. The van der Waals surface area contributed by atoms with Gasteiger partial charge in [0.1, 0.15) is 0 Å². The first kappa shape index (κ1) is 16.3. The Bertz CT molecular complexity index is 904. The lowest BCUT2D eigenvalue weighted by molar-refractivity contribution is 0.483. The van der Waals surface area contributed by atoms with Crippen LogP contribution in [0.15, 0.2) is 52.3 Å². The molecule has 0 spiro atoms. The Morgan fingerprint density at radius 2 is 1.50 bits per heavy atom. The number of hydrogen-bond donors (Lipinski definition) is 3. The molecule has 0 unspecified atom stereocenters. The first-order chi connectivity index (χ1) is 10.1. The molecule has 0 aliphatic carbocycles. The van der Waals surface area contributed by atoms with Gasteiger partial charge in [0.25, 0.3) is 20.1 Å². The van der Waals surface area contributed by atoms with Crippen LogP contribution in [0.1, 0.15) is 5.56 Å². The van der Waals surface area contributed by atoms with Crippen LogP contribution < -0.4 is 10.5 Å². The fraction of sp³-hybridized carbons (Fsp3) is 0.0769. The molecule has 22 heavy (non-hydrogen) atoms. The molecule has 7 nitrogen and oxygen atoms in total. The van der Waals surface area contributed by atoms with E-state index < -0.39 is 20.1 Å². The third kappa shape index (κ3) is 3.56. The molecule has 2 aromatic carbocycles. The summed E-state index contributed by atoms with van der Waals surface area (Å²) in [5.74, 6) is 0. The maximum atomic E-state index is 12.2.